The van der Waals surface area contributed by atoms with E-state index in [0.29, 0.717) is 6.42 Å². The minimum absolute atomic E-state index is 0.0800. The number of primary amides is 1. The van der Waals surface area contributed by atoms with E-state index in [-0.39, 0.29) is 27.2 Å². The van der Waals surface area contributed by atoms with Crippen LogP contribution in [0.15, 0.2) is 23.2 Å². The number of benzene rings is 1. The predicted octanol–water partition coefficient (Wildman–Crippen LogP) is -5.92. The molecule has 2 bridgehead atoms. The number of amides is 9. The van der Waals surface area contributed by atoms with E-state index in [1.54, 1.807) is 13.8 Å². The number of carbonyl (C=O) groups is 9. The van der Waals surface area contributed by atoms with Crippen molar-refractivity contribution in [1.29, 1.82) is 0 Å². The van der Waals surface area contributed by atoms with Gasteiger partial charge in [-0.1, -0.05) is 27.2 Å². The highest BCUT2D eigenvalue weighted by Crippen LogP contribution is 2.30. The molecule has 14 N–H and O–H groups in total. The Morgan fingerprint density at radius 1 is 0.875 bits per heavy atom. The maximum absolute atomic E-state index is 14.6. The molecule has 4 heterocycles. The fraction of sp³-hybridized carbons (Fsp3) is 0.564. The molecule has 64 heavy (non-hydrogen) atoms. The first kappa shape index (κ1) is 48.8. The second kappa shape index (κ2) is 21.0. The van der Waals surface area contributed by atoms with Crippen LogP contribution in [0.1, 0.15) is 45.6 Å². The predicted molar refractivity (Wildman–Crippen MR) is 222 cm³/mol. The van der Waals surface area contributed by atoms with E-state index in [2.05, 4.69) is 42.2 Å². The van der Waals surface area contributed by atoms with Gasteiger partial charge in [-0.15, -0.1) is 0 Å². The lowest BCUT2D eigenvalue weighted by Gasteiger charge is -2.32. The van der Waals surface area contributed by atoms with Crippen LogP contribution < -0.4 is 43.0 Å². The van der Waals surface area contributed by atoms with E-state index in [0.717, 1.165) is 4.90 Å². The van der Waals surface area contributed by atoms with Gasteiger partial charge in [-0.05, 0) is 23.6 Å². The first-order chi connectivity index (χ1) is 30.2. The van der Waals surface area contributed by atoms with Crippen molar-refractivity contribution in [3.63, 3.8) is 0 Å². The van der Waals surface area contributed by atoms with E-state index in [1.165, 1.54) is 25.1 Å². The quantitative estimate of drug-likeness (QED) is 0.123. The van der Waals surface area contributed by atoms with Crippen LogP contribution >= 0.6 is 0 Å². The number of nitrogens with one attached hydrogen (secondary N) is 8. The molecule has 9 amide bonds. The fourth-order valence-electron chi connectivity index (χ4n) is 7.70. The summed E-state index contributed by atoms with van der Waals surface area (Å²) in [7, 11) is -2.38. The lowest BCUT2D eigenvalue weighted by Crippen LogP contribution is -2.62. The molecule has 1 saturated heterocycles. The van der Waals surface area contributed by atoms with Gasteiger partial charge in [0.2, 0.25) is 53.2 Å². The summed E-state index contributed by atoms with van der Waals surface area (Å²) in [5.74, 6) is -12.1. The summed E-state index contributed by atoms with van der Waals surface area (Å²) >= 11 is 0. The zero-order valence-corrected chi connectivity index (χ0v) is 36.0. The topological polar surface area (TPSA) is 381 Å². The van der Waals surface area contributed by atoms with Crippen LogP contribution in [0, 0.1) is 11.8 Å². The first-order valence-electron chi connectivity index (χ1n) is 20.6. The van der Waals surface area contributed by atoms with Crippen molar-refractivity contribution in [2.45, 2.75) is 99.9 Å². The van der Waals surface area contributed by atoms with Gasteiger partial charge in [-0.2, -0.15) is 0 Å². The molecule has 1 aromatic carbocycles. The number of carbonyl (C=O) groups excluding carboxylic acids is 9. The smallest absolute Gasteiger partial charge is 0.246 e. The Hall–Kier alpha value is -6.18. The van der Waals surface area contributed by atoms with Crippen molar-refractivity contribution in [2.24, 2.45) is 17.6 Å². The minimum Gasteiger partial charge on any atom is -0.508 e. The Morgan fingerprint density at radius 3 is 2.20 bits per heavy atom. The van der Waals surface area contributed by atoms with E-state index < -0.39 is 176 Å². The van der Waals surface area contributed by atoms with Crippen molar-refractivity contribution < 1.29 is 67.8 Å². The zero-order chi connectivity index (χ0) is 47.2. The van der Waals surface area contributed by atoms with Crippen LogP contribution in [-0.2, 0) is 60.4 Å². The van der Waals surface area contributed by atoms with Gasteiger partial charge in [-0.3, -0.25) is 47.4 Å². The Bertz CT molecular complexity index is 2200. The maximum atomic E-state index is 14.6. The second-order valence-corrected chi connectivity index (χ2v) is 17.6. The number of aromatic hydroxyl groups is 1. The van der Waals surface area contributed by atoms with Gasteiger partial charge in [-0.25, -0.2) is 0 Å². The van der Waals surface area contributed by atoms with Gasteiger partial charge in [0.1, 0.15) is 47.0 Å². The van der Waals surface area contributed by atoms with Crippen LogP contribution in [0.5, 0.6) is 5.75 Å². The minimum atomic E-state index is -2.38. The Morgan fingerprint density at radius 2 is 1.55 bits per heavy atom. The van der Waals surface area contributed by atoms with Crippen LogP contribution in [0.3, 0.4) is 0 Å². The number of aromatic amines is 1. The number of rotatable bonds is 7. The van der Waals surface area contributed by atoms with E-state index in [4.69, 9.17) is 5.73 Å². The van der Waals surface area contributed by atoms with Gasteiger partial charge in [0.25, 0.3) is 0 Å². The van der Waals surface area contributed by atoms with Crippen molar-refractivity contribution in [3.05, 3.63) is 23.8 Å². The summed E-state index contributed by atoms with van der Waals surface area (Å²) in [6.07, 6.45) is -4.42. The number of phenolic OH excluding ortho intramolecular Hbond substituents is 1. The van der Waals surface area contributed by atoms with Gasteiger partial charge in [0, 0.05) is 36.8 Å². The number of phenols is 1. The van der Waals surface area contributed by atoms with Gasteiger partial charge < -0.3 is 73.3 Å². The molecule has 0 aliphatic carbocycles. The maximum Gasteiger partial charge on any atom is 0.246 e. The normalized spacial score (nSPS) is 28.5. The molecular weight excluding hydrogens is 865 g/mol. The Balaban J connectivity index is 1.73. The highest BCUT2D eigenvalue weighted by Gasteiger charge is 2.45. The molecular formula is C39H54N10O14S. The van der Waals surface area contributed by atoms with Crippen molar-refractivity contribution in [1.82, 2.24) is 47.1 Å². The molecule has 0 radical (unpaired) electrons. The number of nitrogens with zero attached hydrogens (tertiary/aromatic N) is 1. The molecule has 3 aliphatic rings. The van der Waals surface area contributed by atoms with Crippen LogP contribution in [-0.4, -0.2) is 168 Å². The molecule has 24 nitrogen and oxygen atoms in total. The second-order valence-electron chi connectivity index (χ2n) is 16.1. The number of nitrogens with two attached hydrogens (primary N) is 1. The number of aliphatic hydroxyl groups is 3. The standard InChI is InChI=1S/C39H54N10O14S/c1-4-16(2)31-36(60)42-11-29(55)43-25-15-64(63)38-21(20-6-5-18(51)7-22(20)46-38)9-23(33(57)41-12-30(56)47-31)44-37(61)32(17(3)27(53)14-50)48-35(59)26-8-19(52)13-49(26)39(62)24(10-28(40)54)45-34(25)58/h5-7,16-17,19,23-27,31-32,46,50-53H,4,8-15H2,1-3H3,(H2,40,54)(H,41,57)(H,42,60)(H,43,55)(H,44,61)(H,45,58)(H,47,56)(H,48,59)/t16-,17+,19-,23+,24+,25+,26+,27+,31+,32+,64-/m1/s1. The summed E-state index contributed by atoms with van der Waals surface area (Å²) in [6, 6.07) is -5.99. The molecule has 1 fully saturated rings. The van der Waals surface area contributed by atoms with Crippen LogP contribution in [0.4, 0.5) is 0 Å². The van der Waals surface area contributed by atoms with E-state index in [9.17, 15) is 67.8 Å². The molecule has 0 spiro atoms. The molecule has 25 heteroatoms. The Kier molecular flexibility index (Phi) is 16.0. The lowest BCUT2D eigenvalue weighted by atomic mass is 9.93. The molecule has 1 aromatic heterocycles. The summed E-state index contributed by atoms with van der Waals surface area (Å²) in [5.41, 5.74) is 5.73. The van der Waals surface area contributed by atoms with E-state index in [1.807, 2.05) is 0 Å². The van der Waals surface area contributed by atoms with Crippen LogP contribution in [0.25, 0.3) is 10.9 Å². The van der Waals surface area contributed by atoms with Gasteiger partial charge in [0.15, 0.2) is 0 Å². The summed E-state index contributed by atoms with van der Waals surface area (Å²) < 4.78 is 14.6. The largest absolute Gasteiger partial charge is 0.508 e. The van der Waals surface area contributed by atoms with Gasteiger partial charge in [0.05, 0.1) is 60.4 Å². The number of aliphatic hydroxyl groups excluding tert-OH is 3. The third-order valence-corrected chi connectivity index (χ3v) is 13.0. The average molecular weight is 919 g/mol. The number of hydrogen-bond donors (Lipinski definition) is 13. The average Bonchev–Trinajstić information content (AvgIpc) is 3.82. The third kappa shape index (κ3) is 11.5. The van der Waals surface area contributed by atoms with Crippen molar-refractivity contribution >= 4 is 74.9 Å². The summed E-state index contributed by atoms with van der Waals surface area (Å²) in [4.78, 5) is 127. The molecule has 11 atom stereocenters. The SMILES string of the molecule is CC[C@@H](C)[C@@H]1NC(=O)CNC(=O)[C@@H]2Cc3c([nH]c4cc(O)ccc34)[S@](=O)C[C@H](NC(=O)CNC1=O)C(=O)N[C@@H](CC(N)=O)C(=O)N1C[C@H](O)C[C@H]1C(=O)N[C@@H]([C@@H](C)[C@@H](O)CO)C(=O)N2. The highest BCUT2D eigenvalue weighted by atomic mass is 32.2. The molecule has 2 aromatic rings. The summed E-state index contributed by atoms with van der Waals surface area (Å²) in [6.45, 7) is 1.76. The molecule has 5 rings (SSSR count). The number of fused-ring (bicyclic) bond motifs is 5. The molecule has 350 valence electrons. The summed E-state index contributed by atoms with van der Waals surface area (Å²) in [5, 5.41) is 58.8. The fourth-order valence-corrected chi connectivity index (χ4v) is 9.10. The molecule has 3 aliphatic heterocycles. The first-order valence-corrected chi connectivity index (χ1v) is 21.9. The van der Waals surface area contributed by atoms with Crippen molar-refractivity contribution in [2.75, 3.05) is 32.0 Å². The number of hydrogen-bond acceptors (Lipinski definition) is 14. The van der Waals surface area contributed by atoms with Crippen LogP contribution in [0.2, 0.25) is 0 Å². The third-order valence-electron chi connectivity index (χ3n) is 11.5. The number of aromatic nitrogens is 1. The number of H-pyrrole nitrogens is 1. The molecule has 0 unspecified atom stereocenters. The highest BCUT2D eigenvalue weighted by molar-refractivity contribution is 7.85. The van der Waals surface area contributed by atoms with E-state index >= 15 is 0 Å². The zero-order valence-electron chi connectivity index (χ0n) is 35.2. The van der Waals surface area contributed by atoms with Crippen molar-refractivity contribution in [3.8, 4) is 5.75 Å². The Labute approximate surface area is 368 Å². The monoisotopic (exact) mass is 918 g/mol. The lowest BCUT2D eigenvalue weighted by molar-refractivity contribution is -0.144. The van der Waals surface area contributed by atoms with Gasteiger partial charge >= 0.3 is 0 Å². The molecule has 0 saturated carbocycles.